The van der Waals surface area contributed by atoms with Crippen molar-refractivity contribution in [2.24, 2.45) is 0 Å². The lowest BCUT2D eigenvalue weighted by atomic mass is 10.3. The van der Waals surface area contributed by atoms with Gasteiger partial charge >= 0.3 is 5.97 Å². The summed E-state index contributed by atoms with van der Waals surface area (Å²) in [6, 6.07) is 0. The van der Waals surface area contributed by atoms with Crippen LogP contribution in [0.1, 0.15) is 12.8 Å². The first-order valence-corrected chi connectivity index (χ1v) is 3.20. The van der Waals surface area contributed by atoms with Gasteiger partial charge in [0.05, 0.1) is 0 Å². The lowest BCUT2D eigenvalue weighted by molar-refractivity contribution is -0.137. The summed E-state index contributed by atoms with van der Waals surface area (Å²) < 4.78 is 8.10. The number of carbonyl (C=O) groups is 1. The first-order valence-electron chi connectivity index (χ1n) is 2.25. The highest BCUT2D eigenvalue weighted by Gasteiger charge is 1.93. The molecule has 0 aliphatic heterocycles. The van der Waals surface area contributed by atoms with E-state index in [0.717, 1.165) is 0 Å². The first-order chi connectivity index (χ1) is 3.77. The van der Waals surface area contributed by atoms with Gasteiger partial charge in [-0.2, -0.15) is 0 Å². The zero-order valence-corrected chi connectivity index (χ0v) is 5.15. The van der Waals surface area contributed by atoms with Crippen LogP contribution in [-0.2, 0) is 4.79 Å². The van der Waals surface area contributed by atoms with Gasteiger partial charge in [0.25, 0.3) is 0 Å². The van der Waals surface area contributed by atoms with Crippen molar-refractivity contribution in [3.05, 3.63) is 0 Å². The maximum atomic E-state index is 9.78. The van der Waals surface area contributed by atoms with Crippen LogP contribution in [0, 0.1) is 0 Å². The molecule has 0 aromatic carbocycles. The van der Waals surface area contributed by atoms with Crippen LogP contribution in [0.15, 0.2) is 0 Å². The fourth-order valence-electron chi connectivity index (χ4n) is 0.288. The summed E-state index contributed by atoms with van der Waals surface area (Å²) in [4.78, 5) is 9.78. The van der Waals surface area contributed by atoms with E-state index in [2.05, 4.69) is 0 Å². The van der Waals surface area contributed by atoms with Gasteiger partial charge in [-0.3, -0.25) is 4.79 Å². The van der Waals surface area contributed by atoms with E-state index < -0.39 is 5.97 Å². The van der Waals surface area contributed by atoms with Crippen molar-refractivity contribution >= 4 is 18.0 Å². The Labute approximate surface area is 51.9 Å². The number of carboxylic acids is 1. The molecule has 2 N–H and O–H groups in total. The highest BCUT2D eigenvalue weighted by Crippen LogP contribution is 1.97. The minimum atomic E-state index is -0.806. The van der Waals surface area contributed by atoms with E-state index in [0.29, 0.717) is 24.2 Å². The number of hydrogen-bond acceptors (Lipinski definition) is 3. The molecule has 0 aromatic rings. The second kappa shape index (κ2) is 4.93. The van der Waals surface area contributed by atoms with Gasteiger partial charge in [0, 0.05) is 12.2 Å². The number of rotatable bonds is 4. The van der Waals surface area contributed by atoms with Gasteiger partial charge in [-0.25, -0.2) is 0 Å². The lowest BCUT2D eigenvalue weighted by Gasteiger charge is -1.88. The molecule has 48 valence electrons. The molecule has 0 unspecified atom stereocenters. The lowest BCUT2D eigenvalue weighted by Crippen LogP contribution is -1.94. The fourth-order valence-corrected chi connectivity index (χ4v) is 0.561. The van der Waals surface area contributed by atoms with E-state index >= 15 is 0 Å². The smallest absolute Gasteiger partial charge is 0.303 e. The third-order valence-electron chi connectivity index (χ3n) is 0.626. The van der Waals surface area contributed by atoms with Crippen molar-refractivity contribution in [3.8, 4) is 0 Å². The second-order valence-corrected chi connectivity index (χ2v) is 2.00. The van der Waals surface area contributed by atoms with E-state index in [4.69, 9.17) is 9.66 Å². The molecule has 0 aliphatic carbocycles. The summed E-state index contributed by atoms with van der Waals surface area (Å²) in [5, 5.41) is 8.05. The van der Waals surface area contributed by atoms with Gasteiger partial charge in [-0.1, -0.05) is 0 Å². The molecule has 0 saturated carbocycles. The molecule has 0 amide bonds. The summed E-state index contributed by atoms with van der Waals surface area (Å²) in [5.74, 6) is -0.300. The second-order valence-electron chi connectivity index (χ2n) is 1.33. The Morgan fingerprint density at radius 2 is 2.25 bits per heavy atom. The first kappa shape index (κ1) is 7.78. The van der Waals surface area contributed by atoms with E-state index in [-0.39, 0.29) is 6.42 Å². The molecule has 0 bridgehead atoms. The predicted molar refractivity (Wildman–Crippen MR) is 32.0 cm³/mol. The molecule has 0 fully saturated rings. The molecular weight excluding hydrogens is 128 g/mol. The maximum Gasteiger partial charge on any atom is 0.303 e. The molecule has 4 heteroatoms. The maximum absolute atomic E-state index is 9.78. The normalized spacial score (nSPS) is 9.12. The molecular formula is C4H8O3S. The molecule has 8 heavy (non-hydrogen) atoms. The molecule has 0 saturated heterocycles. The van der Waals surface area contributed by atoms with Crippen molar-refractivity contribution in [2.75, 3.05) is 5.75 Å². The number of aliphatic carboxylic acids is 1. The van der Waals surface area contributed by atoms with Crippen LogP contribution >= 0.6 is 12.0 Å². The van der Waals surface area contributed by atoms with Crippen LogP contribution in [0.2, 0.25) is 0 Å². The van der Waals surface area contributed by atoms with Gasteiger partial charge in [0.1, 0.15) is 0 Å². The summed E-state index contributed by atoms with van der Waals surface area (Å²) >= 11 is 0.680. The molecule has 0 aliphatic rings. The Kier molecular flexibility index (Phi) is 4.79. The van der Waals surface area contributed by atoms with E-state index in [1.807, 2.05) is 0 Å². The van der Waals surface area contributed by atoms with Gasteiger partial charge in [-0.15, -0.1) is 0 Å². The topological polar surface area (TPSA) is 57.5 Å². The molecule has 0 atom stereocenters. The highest BCUT2D eigenvalue weighted by molar-refractivity contribution is 7.93. The van der Waals surface area contributed by atoms with Crippen LogP contribution in [0.3, 0.4) is 0 Å². The van der Waals surface area contributed by atoms with Gasteiger partial charge in [0.15, 0.2) is 0 Å². The summed E-state index contributed by atoms with van der Waals surface area (Å²) in [6.07, 6.45) is 0.685. The van der Waals surface area contributed by atoms with Gasteiger partial charge < -0.3 is 9.66 Å². The Hall–Kier alpha value is -0.220. The zero-order valence-electron chi connectivity index (χ0n) is 4.33. The molecule has 0 radical (unpaired) electrons. The number of carboxylic acid groups (broad SMARTS) is 1. The van der Waals surface area contributed by atoms with Crippen molar-refractivity contribution in [1.29, 1.82) is 0 Å². The third-order valence-corrected chi connectivity index (χ3v) is 1.10. The van der Waals surface area contributed by atoms with Gasteiger partial charge in [0.2, 0.25) is 0 Å². The van der Waals surface area contributed by atoms with Crippen LogP contribution in [0.5, 0.6) is 0 Å². The van der Waals surface area contributed by atoms with Crippen molar-refractivity contribution < 1.29 is 14.5 Å². The van der Waals surface area contributed by atoms with Crippen molar-refractivity contribution in [3.63, 3.8) is 0 Å². The largest absolute Gasteiger partial charge is 0.481 e. The van der Waals surface area contributed by atoms with Crippen LogP contribution in [0.25, 0.3) is 0 Å². The monoisotopic (exact) mass is 136 g/mol. The Bertz CT molecular complexity index is 73.7. The standard InChI is InChI=1S/C4H8O3S/c5-4(6)2-1-3-8-7/h7H,1-3H2,(H,5,6). The highest BCUT2D eigenvalue weighted by atomic mass is 32.2. The fraction of sp³-hybridized carbons (Fsp3) is 0.750. The summed E-state index contributed by atoms with van der Waals surface area (Å²) in [5.41, 5.74) is 0. The Balaban J connectivity index is 2.82. The number of hydrogen-bond donors (Lipinski definition) is 2. The van der Waals surface area contributed by atoms with Crippen LogP contribution in [-0.4, -0.2) is 21.4 Å². The van der Waals surface area contributed by atoms with Crippen LogP contribution in [0.4, 0.5) is 0 Å². The quantitative estimate of drug-likeness (QED) is 0.448. The van der Waals surface area contributed by atoms with Gasteiger partial charge in [-0.05, 0) is 18.5 Å². The molecule has 0 rings (SSSR count). The van der Waals surface area contributed by atoms with E-state index in [1.165, 1.54) is 0 Å². The summed E-state index contributed by atoms with van der Waals surface area (Å²) in [7, 11) is 0. The minimum absolute atomic E-state index is 0.146. The van der Waals surface area contributed by atoms with E-state index in [1.54, 1.807) is 0 Å². The molecule has 0 heterocycles. The summed E-state index contributed by atoms with van der Waals surface area (Å²) in [6.45, 7) is 0. The third kappa shape index (κ3) is 5.78. The average Bonchev–Trinajstić information content (AvgIpc) is 1.66. The van der Waals surface area contributed by atoms with E-state index in [9.17, 15) is 4.79 Å². The SMILES string of the molecule is O=C(O)CCCSO. The van der Waals surface area contributed by atoms with Crippen molar-refractivity contribution in [1.82, 2.24) is 0 Å². The van der Waals surface area contributed by atoms with Crippen molar-refractivity contribution in [2.45, 2.75) is 12.8 Å². The molecule has 3 nitrogen and oxygen atoms in total. The Morgan fingerprint density at radius 1 is 1.62 bits per heavy atom. The van der Waals surface area contributed by atoms with Crippen LogP contribution < -0.4 is 0 Å². The minimum Gasteiger partial charge on any atom is -0.481 e. The molecule has 0 spiro atoms. The average molecular weight is 136 g/mol. The Morgan fingerprint density at radius 3 is 2.62 bits per heavy atom. The molecule has 0 aromatic heterocycles. The zero-order chi connectivity index (χ0) is 6.41. The predicted octanol–water partition coefficient (Wildman–Crippen LogP) is 1.06.